The molecule has 2 aromatic carbocycles. The highest BCUT2D eigenvalue weighted by molar-refractivity contribution is 5.79. The van der Waals surface area contributed by atoms with E-state index in [1.807, 2.05) is 0 Å². The zero-order valence-electron chi connectivity index (χ0n) is 11.7. The number of alkyl halides is 7. The fraction of sp³-hybridized carbons (Fsp3) is 0.250. The molecular weight excluding hydrogens is 341 g/mol. The van der Waals surface area contributed by atoms with Gasteiger partial charge < -0.3 is 5.11 Å². The molecule has 1 aliphatic rings. The van der Waals surface area contributed by atoms with Gasteiger partial charge in [-0.1, -0.05) is 42.5 Å². The van der Waals surface area contributed by atoms with Crippen molar-refractivity contribution in [2.45, 2.75) is 24.1 Å². The molecule has 0 aromatic heterocycles. The minimum atomic E-state index is -6.43. The quantitative estimate of drug-likeness (QED) is 0.753. The van der Waals surface area contributed by atoms with E-state index in [1.54, 1.807) is 0 Å². The fourth-order valence-corrected chi connectivity index (χ4v) is 2.85. The molecule has 0 radical (unpaired) electrons. The molecule has 0 spiro atoms. The first-order valence-corrected chi connectivity index (χ1v) is 6.73. The van der Waals surface area contributed by atoms with Crippen molar-refractivity contribution in [1.82, 2.24) is 0 Å². The summed E-state index contributed by atoms with van der Waals surface area (Å²) in [6.07, 6.45) is -8.14. The van der Waals surface area contributed by atoms with Gasteiger partial charge in [-0.15, -0.1) is 0 Å². The number of hydrogen-bond acceptors (Lipinski definition) is 1. The van der Waals surface area contributed by atoms with Gasteiger partial charge in [0.15, 0.2) is 0 Å². The van der Waals surface area contributed by atoms with Crippen molar-refractivity contribution in [3.8, 4) is 11.1 Å². The number of aliphatic hydroxyl groups excluding tert-OH is 1. The Hall–Kier alpha value is -2.09. The van der Waals surface area contributed by atoms with E-state index in [1.165, 1.54) is 30.3 Å². The molecule has 0 bridgehead atoms. The van der Waals surface area contributed by atoms with Gasteiger partial charge in [-0.25, -0.2) is 0 Å². The lowest BCUT2D eigenvalue weighted by molar-refractivity contribution is -0.359. The van der Waals surface area contributed by atoms with Crippen molar-refractivity contribution in [3.05, 3.63) is 59.2 Å². The first-order valence-electron chi connectivity index (χ1n) is 6.73. The van der Waals surface area contributed by atoms with Gasteiger partial charge in [0, 0.05) is 11.1 Å². The van der Waals surface area contributed by atoms with Crippen LogP contribution in [0.15, 0.2) is 42.5 Å². The predicted molar refractivity (Wildman–Crippen MR) is 70.8 cm³/mol. The van der Waals surface area contributed by atoms with Gasteiger partial charge in [0.05, 0.1) is 0 Å². The highest BCUT2D eigenvalue weighted by Crippen LogP contribution is 2.56. The Labute approximate surface area is 131 Å². The van der Waals surface area contributed by atoms with Crippen LogP contribution in [0.4, 0.5) is 30.7 Å². The third-order valence-electron chi connectivity index (χ3n) is 4.01. The topological polar surface area (TPSA) is 20.2 Å². The molecule has 0 fully saturated rings. The van der Waals surface area contributed by atoms with Gasteiger partial charge in [-0.05, 0) is 16.7 Å². The van der Waals surface area contributed by atoms with Crippen molar-refractivity contribution < 1.29 is 35.8 Å². The first kappa shape index (κ1) is 16.8. The monoisotopic (exact) mass is 350 g/mol. The lowest BCUT2D eigenvalue weighted by atomic mass is 9.92. The van der Waals surface area contributed by atoms with Gasteiger partial charge >= 0.3 is 18.0 Å². The lowest BCUT2D eigenvalue weighted by Gasteiger charge is -2.30. The molecule has 8 heteroatoms. The maximum absolute atomic E-state index is 14.1. The second-order valence-electron chi connectivity index (χ2n) is 5.40. The summed E-state index contributed by atoms with van der Waals surface area (Å²) >= 11 is 0. The Balaban J connectivity index is 2.24. The lowest BCUT2D eigenvalue weighted by Crippen LogP contribution is -2.50. The number of aliphatic hydroxyl groups is 1. The zero-order valence-corrected chi connectivity index (χ0v) is 11.7. The van der Waals surface area contributed by atoms with Gasteiger partial charge in [-0.2, -0.15) is 30.7 Å². The first-order chi connectivity index (χ1) is 11.0. The van der Waals surface area contributed by atoms with Gasteiger partial charge in [0.2, 0.25) is 0 Å². The van der Waals surface area contributed by atoms with Crippen molar-refractivity contribution in [2.24, 2.45) is 0 Å². The largest absolute Gasteiger partial charge is 0.460 e. The summed E-state index contributed by atoms with van der Waals surface area (Å²) in [6.45, 7) is 0. The van der Waals surface area contributed by atoms with E-state index in [0.717, 1.165) is 6.07 Å². The van der Waals surface area contributed by atoms with E-state index in [-0.39, 0.29) is 11.1 Å². The summed E-state index contributed by atoms with van der Waals surface area (Å²) in [4.78, 5) is 0. The molecule has 3 rings (SSSR count). The molecule has 0 saturated carbocycles. The van der Waals surface area contributed by atoms with Gasteiger partial charge in [-0.3, -0.25) is 0 Å². The Morgan fingerprint density at radius 1 is 0.750 bits per heavy atom. The van der Waals surface area contributed by atoms with E-state index in [4.69, 9.17) is 0 Å². The summed E-state index contributed by atoms with van der Waals surface area (Å²) in [7, 11) is 0. The summed E-state index contributed by atoms with van der Waals surface area (Å²) in [5, 5.41) is 10.2. The Bertz CT molecular complexity index is 795. The maximum atomic E-state index is 14.1. The van der Waals surface area contributed by atoms with E-state index >= 15 is 0 Å². The molecule has 1 atom stereocenters. The smallest absolute Gasteiger partial charge is 0.384 e. The molecule has 1 unspecified atom stereocenters. The fourth-order valence-electron chi connectivity index (χ4n) is 2.85. The minimum Gasteiger partial charge on any atom is -0.384 e. The average Bonchev–Trinajstić information content (AvgIpc) is 2.80. The molecule has 0 amide bonds. The molecule has 0 saturated heterocycles. The number of halogens is 7. The van der Waals surface area contributed by atoms with Crippen LogP contribution in [0.1, 0.15) is 22.8 Å². The van der Waals surface area contributed by atoms with Crippen LogP contribution in [0.2, 0.25) is 0 Å². The second kappa shape index (κ2) is 4.95. The number of benzene rings is 2. The zero-order chi connectivity index (χ0) is 17.9. The number of rotatable bonds is 2. The van der Waals surface area contributed by atoms with Crippen LogP contribution in [0, 0.1) is 0 Å². The van der Waals surface area contributed by atoms with E-state index in [2.05, 4.69) is 0 Å². The van der Waals surface area contributed by atoms with Crippen LogP contribution >= 0.6 is 0 Å². The minimum absolute atomic E-state index is 0.00764. The molecule has 1 aliphatic carbocycles. The van der Waals surface area contributed by atoms with Crippen LogP contribution in [-0.2, 0) is 5.92 Å². The highest BCUT2D eigenvalue weighted by atomic mass is 19.4. The van der Waals surface area contributed by atoms with Gasteiger partial charge in [0.1, 0.15) is 6.10 Å². The molecule has 0 heterocycles. The summed E-state index contributed by atoms with van der Waals surface area (Å²) in [6, 6.07) is 8.62. The van der Waals surface area contributed by atoms with Crippen molar-refractivity contribution in [2.75, 3.05) is 0 Å². The maximum Gasteiger partial charge on any atom is 0.460 e. The highest BCUT2D eigenvalue weighted by Gasteiger charge is 2.74. The molecule has 0 aliphatic heterocycles. The number of fused-ring (bicyclic) bond motifs is 3. The second-order valence-corrected chi connectivity index (χ2v) is 5.40. The van der Waals surface area contributed by atoms with Crippen molar-refractivity contribution >= 4 is 0 Å². The van der Waals surface area contributed by atoms with E-state index in [9.17, 15) is 35.8 Å². The molecule has 1 nitrogen and oxygen atoms in total. The van der Waals surface area contributed by atoms with Crippen LogP contribution < -0.4 is 0 Å². The predicted octanol–water partition coefficient (Wildman–Crippen LogP) is 5.04. The van der Waals surface area contributed by atoms with Crippen LogP contribution in [0.5, 0.6) is 0 Å². The Morgan fingerprint density at radius 2 is 1.33 bits per heavy atom. The molecule has 24 heavy (non-hydrogen) atoms. The normalized spacial score (nSPS) is 17.6. The standard InChI is InChI=1S/C16H9F7O/c17-14(18,15(19,20)16(21,22)23)11-7-3-6-9-8-4-1-2-5-10(8)13(24)12(9)11/h1-7,13,24H. The van der Waals surface area contributed by atoms with E-state index < -0.39 is 35.3 Å². The molecular formula is C16H9F7O. The van der Waals surface area contributed by atoms with Crippen LogP contribution in [-0.4, -0.2) is 17.2 Å². The SMILES string of the molecule is OC1c2ccccc2-c2cccc(C(F)(F)C(F)(F)C(F)(F)F)c21. The number of hydrogen-bond donors (Lipinski definition) is 1. The van der Waals surface area contributed by atoms with Crippen molar-refractivity contribution in [3.63, 3.8) is 0 Å². The molecule has 2 aromatic rings. The molecule has 128 valence electrons. The third-order valence-corrected chi connectivity index (χ3v) is 4.01. The summed E-state index contributed by atoms with van der Waals surface area (Å²) < 4.78 is 92.2. The van der Waals surface area contributed by atoms with E-state index in [0.29, 0.717) is 11.6 Å². The summed E-state index contributed by atoms with van der Waals surface area (Å²) in [5.41, 5.74) is -1.68. The Morgan fingerprint density at radius 3 is 1.96 bits per heavy atom. The van der Waals surface area contributed by atoms with Crippen LogP contribution in [0.25, 0.3) is 11.1 Å². The Kier molecular flexibility index (Phi) is 3.46. The third kappa shape index (κ3) is 2.05. The average molecular weight is 350 g/mol. The van der Waals surface area contributed by atoms with Crippen molar-refractivity contribution in [1.29, 1.82) is 0 Å². The van der Waals surface area contributed by atoms with Gasteiger partial charge in [0.25, 0.3) is 0 Å². The molecule has 1 N–H and O–H groups in total. The van der Waals surface area contributed by atoms with Crippen LogP contribution in [0.3, 0.4) is 0 Å². The summed E-state index contributed by atoms with van der Waals surface area (Å²) in [5.74, 6) is -11.8.